The molecule has 10 heteroatoms. The van der Waals surface area contributed by atoms with Gasteiger partial charge in [-0.05, 0) is 6.92 Å². The normalized spacial score (nSPS) is 15.7. The summed E-state index contributed by atoms with van der Waals surface area (Å²) in [5, 5.41) is 0. The summed E-state index contributed by atoms with van der Waals surface area (Å²) < 4.78 is 9.21. The first-order valence-electron chi connectivity index (χ1n) is 8.19. The molecule has 1 aliphatic heterocycles. The van der Waals surface area contributed by atoms with Crippen LogP contribution in [0.15, 0.2) is 15.9 Å². The molecule has 1 aliphatic rings. The highest BCUT2D eigenvalue weighted by atomic mass is 16.6. The number of imidazole rings is 1. The lowest BCUT2D eigenvalue weighted by Crippen LogP contribution is -2.49. The third kappa shape index (κ3) is 3.04. The third-order valence-electron chi connectivity index (χ3n) is 4.47. The zero-order valence-electron chi connectivity index (χ0n) is 14.6. The van der Waals surface area contributed by atoms with Gasteiger partial charge in [0.1, 0.15) is 0 Å². The van der Waals surface area contributed by atoms with Crippen molar-refractivity contribution in [2.75, 3.05) is 32.8 Å². The summed E-state index contributed by atoms with van der Waals surface area (Å²) in [4.78, 5) is 44.2. The SMILES string of the molecule is CCOC(=O)N1CCN(Cn2cnc3c2c(=O)n(C)c(=O)n3C)CC1. The largest absolute Gasteiger partial charge is 0.450 e. The highest BCUT2D eigenvalue weighted by molar-refractivity contribution is 5.70. The van der Waals surface area contributed by atoms with E-state index in [9.17, 15) is 14.4 Å². The van der Waals surface area contributed by atoms with E-state index >= 15 is 0 Å². The highest BCUT2D eigenvalue weighted by Crippen LogP contribution is 2.09. The Morgan fingerprint density at radius 3 is 2.48 bits per heavy atom. The molecule has 2 aromatic heterocycles. The molecule has 0 atom stereocenters. The number of ether oxygens (including phenoxy) is 1. The molecule has 3 rings (SSSR count). The summed E-state index contributed by atoms with van der Waals surface area (Å²) in [5.74, 6) is 0. The molecule has 0 N–H and O–H groups in total. The van der Waals surface area contributed by atoms with E-state index in [0.29, 0.717) is 50.6 Å². The first-order chi connectivity index (χ1) is 11.9. The fraction of sp³-hybridized carbons (Fsp3) is 0.600. The third-order valence-corrected chi connectivity index (χ3v) is 4.47. The van der Waals surface area contributed by atoms with Crippen LogP contribution in [0.3, 0.4) is 0 Å². The van der Waals surface area contributed by atoms with Crippen molar-refractivity contribution in [3.05, 3.63) is 27.2 Å². The van der Waals surface area contributed by atoms with Crippen LogP contribution < -0.4 is 11.2 Å². The fourth-order valence-electron chi connectivity index (χ4n) is 3.01. The Hall–Kier alpha value is -2.62. The van der Waals surface area contributed by atoms with Gasteiger partial charge in [0, 0.05) is 40.3 Å². The van der Waals surface area contributed by atoms with Gasteiger partial charge in [-0.3, -0.25) is 18.8 Å². The van der Waals surface area contributed by atoms with Crippen LogP contribution >= 0.6 is 0 Å². The van der Waals surface area contributed by atoms with Crippen LogP contribution in [0.4, 0.5) is 4.79 Å². The average Bonchev–Trinajstić information content (AvgIpc) is 3.02. The molecule has 0 unspecified atom stereocenters. The van der Waals surface area contributed by atoms with Gasteiger partial charge in [-0.15, -0.1) is 0 Å². The quantitative estimate of drug-likeness (QED) is 0.717. The van der Waals surface area contributed by atoms with Gasteiger partial charge < -0.3 is 14.2 Å². The number of nitrogens with zero attached hydrogens (tertiary/aromatic N) is 6. The predicted molar refractivity (Wildman–Crippen MR) is 90.4 cm³/mol. The number of rotatable bonds is 3. The topological polar surface area (TPSA) is 94.6 Å². The predicted octanol–water partition coefficient (Wildman–Crippen LogP) is -0.835. The van der Waals surface area contributed by atoms with Crippen molar-refractivity contribution >= 4 is 17.3 Å². The number of fused-ring (bicyclic) bond motifs is 1. The summed E-state index contributed by atoms with van der Waals surface area (Å²) in [6.45, 7) is 5.11. The lowest BCUT2D eigenvalue weighted by Gasteiger charge is -2.34. The fourth-order valence-corrected chi connectivity index (χ4v) is 3.01. The summed E-state index contributed by atoms with van der Waals surface area (Å²) in [5.41, 5.74) is 0.0160. The molecule has 1 amide bonds. The van der Waals surface area contributed by atoms with Gasteiger partial charge in [-0.25, -0.2) is 14.6 Å². The van der Waals surface area contributed by atoms with E-state index in [1.54, 1.807) is 29.8 Å². The van der Waals surface area contributed by atoms with Crippen molar-refractivity contribution in [2.24, 2.45) is 14.1 Å². The Balaban J connectivity index is 1.78. The maximum atomic E-state index is 12.4. The van der Waals surface area contributed by atoms with Gasteiger partial charge in [0.15, 0.2) is 11.2 Å². The van der Waals surface area contributed by atoms with Crippen molar-refractivity contribution in [3.63, 3.8) is 0 Å². The average molecular weight is 350 g/mol. The lowest BCUT2D eigenvalue weighted by molar-refractivity contribution is 0.0714. The van der Waals surface area contributed by atoms with E-state index in [1.807, 2.05) is 0 Å². The van der Waals surface area contributed by atoms with Crippen molar-refractivity contribution < 1.29 is 9.53 Å². The molecule has 1 fully saturated rings. The Morgan fingerprint density at radius 1 is 1.16 bits per heavy atom. The summed E-state index contributed by atoms with van der Waals surface area (Å²) in [6.07, 6.45) is 1.28. The van der Waals surface area contributed by atoms with Crippen LogP contribution in [0.2, 0.25) is 0 Å². The van der Waals surface area contributed by atoms with E-state index in [4.69, 9.17) is 4.74 Å². The second kappa shape index (κ2) is 6.71. The minimum absolute atomic E-state index is 0.293. The molecule has 136 valence electrons. The Bertz CT molecular complexity index is 903. The minimum Gasteiger partial charge on any atom is -0.450 e. The van der Waals surface area contributed by atoms with Crippen LogP contribution in [-0.4, -0.2) is 67.4 Å². The maximum absolute atomic E-state index is 12.4. The number of hydrogen-bond acceptors (Lipinski definition) is 6. The Labute approximate surface area is 143 Å². The van der Waals surface area contributed by atoms with Gasteiger partial charge in [0.2, 0.25) is 0 Å². The van der Waals surface area contributed by atoms with Crippen molar-refractivity contribution in [1.82, 2.24) is 28.5 Å². The van der Waals surface area contributed by atoms with Crippen LogP contribution in [0.5, 0.6) is 0 Å². The van der Waals surface area contributed by atoms with E-state index < -0.39 is 5.69 Å². The maximum Gasteiger partial charge on any atom is 0.409 e. The van der Waals surface area contributed by atoms with Gasteiger partial charge >= 0.3 is 11.8 Å². The molecule has 0 bridgehead atoms. The Kier molecular flexibility index (Phi) is 4.62. The molecular weight excluding hydrogens is 328 g/mol. The molecule has 25 heavy (non-hydrogen) atoms. The second-order valence-electron chi connectivity index (χ2n) is 6.04. The number of aryl methyl sites for hydroxylation is 1. The summed E-state index contributed by atoms with van der Waals surface area (Å²) in [6, 6.07) is 0. The molecule has 1 saturated heterocycles. The van der Waals surface area contributed by atoms with Crippen LogP contribution in [-0.2, 0) is 25.5 Å². The smallest absolute Gasteiger partial charge is 0.409 e. The lowest BCUT2D eigenvalue weighted by atomic mass is 10.3. The first kappa shape index (κ1) is 17.2. The number of piperazine rings is 1. The van der Waals surface area contributed by atoms with E-state index in [1.165, 1.54) is 11.6 Å². The van der Waals surface area contributed by atoms with Crippen molar-refractivity contribution in [1.29, 1.82) is 0 Å². The van der Waals surface area contributed by atoms with Gasteiger partial charge in [-0.1, -0.05) is 0 Å². The number of aromatic nitrogens is 4. The molecule has 2 aromatic rings. The highest BCUT2D eigenvalue weighted by Gasteiger charge is 2.23. The summed E-state index contributed by atoms with van der Waals surface area (Å²) in [7, 11) is 3.05. The van der Waals surface area contributed by atoms with E-state index in [2.05, 4.69) is 9.88 Å². The number of amides is 1. The van der Waals surface area contributed by atoms with Crippen molar-refractivity contribution in [3.8, 4) is 0 Å². The van der Waals surface area contributed by atoms with Gasteiger partial charge in [0.05, 0.1) is 19.6 Å². The van der Waals surface area contributed by atoms with Crippen LogP contribution in [0, 0.1) is 0 Å². The number of carbonyl (C=O) groups is 1. The van der Waals surface area contributed by atoms with E-state index in [-0.39, 0.29) is 11.7 Å². The van der Waals surface area contributed by atoms with Gasteiger partial charge in [0.25, 0.3) is 5.56 Å². The number of carbonyl (C=O) groups excluding carboxylic acids is 1. The van der Waals surface area contributed by atoms with E-state index in [0.717, 1.165) is 4.57 Å². The summed E-state index contributed by atoms with van der Waals surface area (Å²) >= 11 is 0. The Morgan fingerprint density at radius 2 is 1.84 bits per heavy atom. The molecule has 0 spiro atoms. The molecule has 3 heterocycles. The number of hydrogen-bond donors (Lipinski definition) is 0. The monoisotopic (exact) mass is 350 g/mol. The molecule has 0 aliphatic carbocycles. The zero-order valence-corrected chi connectivity index (χ0v) is 14.6. The molecule has 0 aromatic carbocycles. The molecular formula is C15H22N6O4. The molecule has 10 nitrogen and oxygen atoms in total. The van der Waals surface area contributed by atoms with Gasteiger partial charge in [-0.2, -0.15) is 0 Å². The van der Waals surface area contributed by atoms with Crippen molar-refractivity contribution in [2.45, 2.75) is 13.6 Å². The minimum atomic E-state index is -0.397. The molecule has 0 saturated carbocycles. The first-order valence-corrected chi connectivity index (χ1v) is 8.19. The second-order valence-corrected chi connectivity index (χ2v) is 6.04. The molecule has 0 radical (unpaired) electrons. The standard InChI is InChI=1S/C15H22N6O4/c1-4-25-15(24)20-7-5-19(6-8-20)10-21-9-16-12-11(21)13(22)18(3)14(23)17(12)2/h9H,4-8,10H2,1-3H3. The van der Waals surface area contributed by atoms with Crippen LogP contribution in [0.1, 0.15) is 6.92 Å². The zero-order chi connectivity index (χ0) is 18.1. The van der Waals surface area contributed by atoms with Crippen LogP contribution in [0.25, 0.3) is 11.2 Å².